The van der Waals surface area contributed by atoms with Crippen LogP contribution in [0.4, 0.5) is 0 Å². The Morgan fingerprint density at radius 1 is 1.04 bits per heavy atom. The zero-order valence-corrected chi connectivity index (χ0v) is 15.5. The van der Waals surface area contributed by atoms with Crippen LogP contribution >= 0.6 is 8.69 Å². The Labute approximate surface area is 140 Å². The lowest BCUT2D eigenvalue weighted by Crippen LogP contribution is -2.13. The minimum Gasteiger partial charge on any atom is -0.507 e. The van der Waals surface area contributed by atoms with Gasteiger partial charge in [-0.05, 0) is 58.1 Å². The molecular weight excluding hydrogens is 307 g/mol. The molecule has 3 nitrogen and oxygen atoms in total. The molecule has 2 N–H and O–H groups in total. The molecule has 124 valence electrons. The number of phenolic OH excluding ortho intramolecular Hbond substituents is 1. The minimum absolute atomic E-state index is 0.0476. The highest BCUT2D eigenvalue weighted by Crippen LogP contribution is 2.36. The van der Waals surface area contributed by atoms with Gasteiger partial charge in [-0.25, -0.2) is 0 Å². The summed E-state index contributed by atoms with van der Waals surface area (Å²) < 4.78 is 8.51. The van der Waals surface area contributed by atoms with Crippen molar-refractivity contribution < 1.29 is 14.6 Å². The quantitative estimate of drug-likeness (QED) is 0.775. The first-order chi connectivity index (χ1) is 10.7. The van der Waals surface area contributed by atoms with Gasteiger partial charge in [0.25, 0.3) is 0 Å². The van der Waals surface area contributed by atoms with Crippen molar-refractivity contribution in [1.82, 2.24) is 0 Å². The van der Waals surface area contributed by atoms with Gasteiger partial charge in [0.15, 0.2) is 0 Å². The smallest absolute Gasteiger partial charge is 0.491 e. The van der Waals surface area contributed by atoms with E-state index in [0.717, 1.165) is 17.5 Å². The molecule has 0 bridgehead atoms. The number of benzene rings is 2. The van der Waals surface area contributed by atoms with Gasteiger partial charge in [-0.2, -0.15) is 4.89 Å². The number of hydrogen-bond donors (Lipinski definition) is 2. The summed E-state index contributed by atoms with van der Waals surface area (Å²) >= 11 is 0. The molecule has 0 amide bonds. The lowest BCUT2D eigenvalue weighted by atomic mass is 9.82. The standard InChI is InChI=1S/C19H24O.HO2P/c1-13-14(2)18(20)17(19(3,4)5)12-16(13)11-15-9-7-6-8-10-15;1-3-2/h6-10,12,20H,11H2,1-5H3;3H/p+1. The van der Waals surface area contributed by atoms with Crippen LogP contribution in [0, 0.1) is 13.8 Å². The normalized spacial score (nSPS) is 11.0. The first kappa shape index (κ1) is 19.3. The van der Waals surface area contributed by atoms with Crippen molar-refractivity contribution in [3.63, 3.8) is 0 Å². The highest BCUT2D eigenvalue weighted by Gasteiger charge is 2.21. The molecule has 0 saturated carbocycles. The third-order valence-electron chi connectivity index (χ3n) is 4.02. The largest absolute Gasteiger partial charge is 0.507 e. The van der Waals surface area contributed by atoms with Crippen LogP contribution in [-0.2, 0) is 16.4 Å². The molecule has 1 unspecified atom stereocenters. The molecule has 2 aromatic rings. The van der Waals surface area contributed by atoms with E-state index in [1.165, 1.54) is 16.7 Å². The Morgan fingerprint density at radius 2 is 1.57 bits per heavy atom. The molecule has 0 saturated heterocycles. The summed E-state index contributed by atoms with van der Waals surface area (Å²) in [5.41, 5.74) is 5.79. The summed E-state index contributed by atoms with van der Waals surface area (Å²) in [6.07, 6.45) is 0.914. The predicted octanol–water partition coefficient (Wildman–Crippen LogP) is 4.82. The second-order valence-electron chi connectivity index (χ2n) is 6.69. The molecule has 0 aliphatic heterocycles. The Bertz CT molecular complexity index is 659. The van der Waals surface area contributed by atoms with Crippen molar-refractivity contribution in [2.75, 3.05) is 0 Å². The van der Waals surface area contributed by atoms with Gasteiger partial charge < -0.3 is 5.11 Å². The van der Waals surface area contributed by atoms with Gasteiger partial charge in [-0.15, -0.1) is 0 Å². The van der Waals surface area contributed by atoms with Gasteiger partial charge in [-0.3, -0.25) is 0 Å². The lowest BCUT2D eigenvalue weighted by Gasteiger charge is -2.24. The first-order valence-corrected chi connectivity index (χ1v) is 8.45. The van der Waals surface area contributed by atoms with Crippen LogP contribution in [0.1, 0.15) is 48.6 Å². The molecule has 0 radical (unpaired) electrons. The van der Waals surface area contributed by atoms with Crippen molar-refractivity contribution in [3.05, 3.63) is 64.2 Å². The van der Waals surface area contributed by atoms with Gasteiger partial charge in [0, 0.05) is 0 Å². The molecule has 0 fully saturated rings. The maximum absolute atomic E-state index is 10.4. The fourth-order valence-electron chi connectivity index (χ4n) is 2.54. The van der Waals surface area contributed by atoms with E-state index in [1.54, 1.807) is 0 Å². The Balaban J connectivity index is 0.000000816. The zero-order chi connectivity index (χ0) is 17.6. The summed E-state index contributed by atoms with van der Waals surface area (Å²) in [5.74, 6) is 0.451. The molecular formula is C19H26O3P+. The second kappa shape index (κ2) is 8.24. The fraction of sp³-hybridized carbons (Fsp3) is 0.368. The molecule has 1 atom stereocenters. The molecule has 2 rings (SSSR count). The van der Waals surface area contributed by atoms with Crippen LogP contribution in [0.5, 0.6) is 5.75 Å². The topological polar surface area (TPSA) is 57.5 Å². The average Bonchev–Trinajstić information content (AvgIpc) is 2.48. The first-order valence-electron chi connectivity index (χ1n) is 7.60. The third-order valence-corrected chi connectivity index (χ3v) is 4.02. The van der Waals surface area contributed by atoms with Crippen LogP contribution in [0.25, 0.3) is 0 Å². The zero-order valence-electron chi connectivity index (χ0n) is 14.5. The van der Waals surface area contributed by atoms with E-state index in [0.29, 0.717) is 5.75 Å². The van der Waals surface area contributed by atoms with E-state index >= 15 is 0 Å². The van der Waals surface area contributed by atoms with Gasteiger partial charge in [0.05, 0.1) is 0 Å². The van der Waals surface area contributed by atoms with E-state index in [2.05, 4.69) is 58.0 Å². The molecule has 0 aliphatic rings. The van der Waals surface area contributed by atoms with Crippen LogP contribution < -0.4 is 0 Å². The van der Waals surface area contributed by atoms with E-state index in [-0.39, 0.29) is 5.41 Å². The maximum atomic E-state index is 10.4. The Hall–Kier alpha value is -1.70. The molecule has 4 heteroatoms. The fourth-order valence-corrected chi connectivity index (χ4v) is 2.54. The van der Waals surface area contributed by atoms with Crippen molar-refractivity contribution in [1.29, 1.82) is 0 Å². The number of rotatable bonds is 2. The second-order valence-corrected chi connectivity index (χ2v) is 6.87. The number of hydrogen-bond acceptors (Lipinski definition) is 2. The van der Waals surface area contributed by atoms with E-state index < -0.39 is 8.69 Å². The molecule has 0 aromatic heterocycles. The van der Waals surface area contributed by atoms with Gasteiger partial charge >= 0.3 is 8.69 Å². The van der Waals surface area contributed by atoms with Gasteiger partial charge in [-0.1, -0.05) is 57.2 Å². The summed E-state index contributed by atoms with van der Waals surface area (Å²) in [6, 6.07) is 12.7. The highest BCUT2D eigenvalue weighted by molar-refractivity contribution is 7.16. The van der Waals surface area contributed by atoms with E-state index in [9.17, 15) is 5.11 Å². The third kappa shape index (κ3) is 5.16. The summed E-state index contributed by atoms with van der Waals surface area (Å²) in [7, 11) is -1.17. The Morgan fingerprint density at radius 3 is 2.04 bits per heavy atom. The minimum atomic E-state index is -1.17. The van der Waals surface area contributed by atoms with Crippen molar-refractivity contribution in [2.24, 2.45) is 0 Å². The van der Waals surface area contributed by atoms with Crippen molar-refractivity contribution >= 4 is 8.69 Å². The molecule has 0 spiro atoms. The van der Waals surface area contributed by atoms with E-state index in [4.69, 9.17) is 9.46 Å². The van der Waals surface area contributed by atoms with Crippen LogP contribution in [0.3, 0.4) is 0 Å². The monoisotopic (exact) mass is 333 g/mol. The molecule has 0 heterocycles. The molecule has 2 aromatic carbocycles. The molecule has 23 heavy (non-hydrogen) atoms. The van der Waals surface area contributed by atoms with Crippen molar-refractivity contribution in [3.8, 4) is 5.75 Å². The summed E-state index contributed by atoms with van der Waals surface area (Å²) in [5, 5.41) is 10.4. The van der Waals surface area contributed by atoms with Crippen molar-refractivity contribution in [2.45, 2.75) is 46.5 Å². The van der Waals surface area contributed by atoms with Crippen LogP contribution in [0.2, 0.25) is 0 Å². The Kier molecular flexibility index (Phi) is 6.93. The molecule has 0 aliphatic carbocycles. The van der Waals surface area contributed by atoms with Gasteiger partial charge in [0.2, 0.25) is 0 Å². The summed E-state index contributed by atoms with van der Waals surface area (Å²) in [4.78, 5) is 7.04. The summed E-state index contributed by atoms with van der Waals surface area (Å²) in [6.45, 7) is 10.5. The van der Waals surface area contributed by atoms with Crippen LogP contribution in [0.15, 0.2) is 36.4 Å². The average molecular weight is 333 g/mol. The number of phenols is 1. The lowest BCUT2D eigenvalue weighted by molar-refractivity contribution is 0.442. The maximum Gasteiger partial charge on any atom is 0.491 e. The SMILES string of the molecule is Cc1c(Cc2ccccc2)cc(C(C)(C)C)c(O)c1C.O=[PH+]O. The number of aromatic hydroxyl groups is 1. The highest BCUT2D eigenvalue weighted by atomic mass is 31.1. The van der Waals surface area contributed by atoms with Crippen LogP contribution in [-0.4, -0.2) is 10.00 Å². The van der Waals surface area contributed by atoms with E-state index in [1.807, 2.05) is 13.0 Å². The predicted molar refractivity (Wildman–Crippen MR) is 96.7 cm³/mol. The van der Waals surface area contributed by atoms with Gasteiger partial charge in [0.1, 0.15) is 5.75 Å².